The number of nitrogens with one attached hydrogen (secondary N) is 2. The van der Waals surface area contributed by atoms with Crippen LogP contribution in [0.5, 0.6) is 0 Å². The second kappa shape index (κ2) is 12.7. The van der Waals surface area contributed by atoms with Crippen molar-refractivity contribution in [3.05, 3.63) is 35.9 Å². The summed E-state index contributed by atoms with van der Waals surface area (Å²) in [5.74, 6) is -3.84. The molecule has 11 heteroatoms. The van der Waals surface area contributed by atoms with E-state index in [1.165, 1.54) is 0 Å². The maximum absolute atomic E-state index is 12.4. The molecule has 0 saturated heterocycles. The molecule has 0 saturated carbocycles. The lowest BCUT2D eigenvalue weighted by Gasteiger charge is -2.22. The van der Waals surface area contributed by atoms with Crippen LogP contribution in [0.2, 0.25) is 0 Å². The fraction of sp³-hybridized carbons (Fsp3) is 0.412. The third kappa shape index (κ3) is 8.33. The Labute approximate surface area is 167 Å². The molecule has 3 atom stereocenters. The van der Waals surface area contributed by atoms with Gasteiger partial charge in [-0.05, 0) is 5.56 Å². The Morgan fingerprint density at radius 2 is 1.64 bits per heavy atom. The van der Waals surface area contributed by atoms with Crippen molar-refractivity contribution >= 4 is 36.2 Å². The quantitative estimate of drug-likeness (QED) is 0.289. The Hall–Kier alpha value is -2.69. The molecule has 0 spiro atoms. The second-order valence-electron chi connectivity index (χ2n) is 5.72. The summed E-state index contributed by atoms with van der Waals surface area (Å²) >= 11 is 0. The molecule has 0 aliphatic heterocycles. The molecule has 6 N–H and O–H groups in total. The van der Waals surface area contributed by atoms with Crippen molar-refractivity contribution in [1.29, 1.82) is 0 Å². The van der Waals surface area contributed by atoms with Crippen LogP contribution in [0, 0.1) is 0 Å². The number of halogens is 1. The van der Waals surface area contributed by atoms with Crippen LogP contribution in [0.25, 0.3) is 0 Å². The molecule has 156 valence electrons. The van der Waals surface area contributed by atoms with Crippen LogP contribution in [0.15, 0.2) is 30.3 Å². The topological polar surface area (TPSA) is 168 Å². The summed E-state index contributed by atoms with van der Waals surface area (Å²) in [6, 6.07) is 4.94. The normalized spacial score (nSPS) is 13.2. The van der Waals surface area contributed by atoms with Gasteiger partial charge in [0.1, 0.15) is 18.1 Å². The fourth-order valence-electron chi connectivity index (χ4n) is 2.20. The van der Waals surface area contributed by atoms with Crippen molar-refractivity contribution in [1.82, 2.24) is 10.6 Å². The van der Waals surface area contributed by atoms with Gasteiger partial charge in [-0.15, -0.1) is 12.4 Å². The molecule has 1 rings (SSSR count). The Morgan fingerprint density at radius 1 is 1.07 bits per heavy atom. The van der Waals surface area contributed by atoms with E-state index in [4.69, 9.17) is 15.9 Å². The predicted octanol–water partition coefficient (Wildman–Crippen LogP) is -1.41. The van der Waals surface area contributed by atoms with E-state index in [-0.39, 0.29) is 18.8 Å². The summed E-state index contributed by atoms with van der Waals surface area (Å²) in [5, 5.41) is 22.4. The largest absolute Gasteiger partial charge is 0.481 e. The molecule has 0 unspecified atom stereocenters. The molecule has 1 aromatic carbocycles. The van der Waals surface area contributed by atoms with Gasteiger partial charge in [-0.1, -0.05) is 30.3 Å². The van der Waals surface area contributed by atoms with E-state index in [1.807, 2.05) is 0 Å². The Balaban J connectivity index is 0.00000729. The van der Waals surface area contributed by atoms with E-state index in [1.54, 1.807) is 30.3 Å². The minimum Gasteiger partial charge on any atom is -0.481 e. The molecule has 2 amide bonds. The van der Waals surface area contributed by atoms with Gasteiger partial charge in [0.2, 0.25) is 11.8 Å². The maximum atomic E-state index is 12.4. The van der Waals surface area contributed by atoms with Crippen molar-refractivity contribution < 1.29 is 34.1 Å². The number of carboxylic acids is 1. The number of aliphatic hydroxyl groups excluding tert-OH is 1. The zero-order valence-corrected chi connectivity index (χ0v) is 16.0. The predicted molar refractivity (Wildman–Crippen MR) is 101 cm³/mol. The van der Waals surface area contributed by atoms with Crippen molar-refractivity contribution in [3.8, 4) is 0 Å². The van der Waals surface area contributed by atoms with E-state index >= 15 is 0 Å². The van der Waals surface area contributed by atoms with Crippen molar-refractivity contribution in [2.75, 3.05) is 13.7 Å². The molecule has 0 bridgehead atoms. The summed E-state index contributed by atoms with van der Waals surface area (Å²) in [6.45, 7) is -0.675. The average molecular weight is 418 g/mol. The molecule has 0 heterocycles. The van der Waals surface area contributed by atoms with Gasteiger partial charge in [0.15, 0.2) is 0 Å². The van der Waals surface area contributed by atoms with Crippen molar-refractivity contribution in [3.63, 3.8) is 0 Å². The number of esters is 1. The molecule has 0 aromatic heterocycles. The number of methoxy groups -OCH3 is 1. The number of nitrogens with two attached hydrogens (primary N) is 1. The molecular formula is C17H24ClN3O7. The number of amides is 2. The number of hydrogen-bond donors (Lipinski definition) is 5. The summed E-state index contributed by atoms with van der Waals surface area (Å²) in [4.78, 5) is 47.2. The number of carbonyl (C=O) groups is 4. The van der Waals surface area contributed by atoms with Gasteiger partial charge in [0.05, 0.1) is 20.1 Å². The van der Waals surface area contributed by atoms with E-state index in [2.05, 4.69) is 15.4 Å². The summed E-state index contributed by atoms with van der Waals surface area (Å²) < 4.78 is 4.67. The van der Waals surface area contributed by atoms with E-state index in [0.717, 1.165) is 12.7 Å². The van der Waals surface area contributed by atoms with Gasteiger partial charge >= 0.3 is 11.9 Å². The molecule has 0 aliphatic carbocycles. The van der Waals surface area contributed by atoms with Gasteiger partial charge in [-0.25, -0.2) is 4.79 Å². The minimum absolute atomic E-state index is 0. The highest BCUT2D eigenvalue weighted by Gasteiger charge is 2.30. The lowest BCUT2D eigenvalue weighted by atomic mass is 10.0. The van der Waals surface area contributed by atoms with Gasteiger partial charge in [-0.3, -0.25) is 14.4 Å². The highest BCUT2D eigenvalue weighted by Crippen LogP contribution is 2.06. The van der Waals surface area contributed by atoms with Gasteiger partial charge in [-0.2, -0.15) is 0 Å². The first kappa shape index (κ1) is 25.3. The van der Waals surface area contributed by atoms with E-state index in [0.29, 0.717) is 0 Å². The van der Waals surface area contributed by atoms with Gasteiger partial charge < -0.3 is 31.3 Å². The molecule has 0 aliphatic rings. The number of ether oxygens (including phenoxy) is 1. The first-order valence-corrected chi connectivity index (χ1v) is 8.09. The number of aliphatic hydroxyl groups is 1. The third-order valence-electron chi connectivity index (χ3n) is 3.63. The number of benzene rings is 1. The smallest absolute Gasteiger partial charge is 0.328 e. The molecule has 0 radical (unpaired) electrons. The van der Waals surface area contributed by atoms with E-state index < -0.39 is 54.9 Å². The van der Waals surface area contributed by atoms with Crippen molar-refractivity contribution in [2.45, 2.75) is 31.0 Å². The van der Waals surface area contributed by atoms with Crippen molar-refractivity contribution in [2.24, 2.45) is 5.73 Å². The lowest BCUT2D eigenvalue weighted by Crippen LogP contribution is -2.56. The van der Waals surface area contributed by atoms with Crippen LogP contribution in [-0.2, 0) is 30.3 Å². The minimum atomic E-state index is -1.48. The average Bonchev–Trinajstić information content (AvgIpc) is 2.65. The first-order chi connectivity index (χ1) is 12.8. The number of aliphatic carboxylic acids is 1. The van der Waals surface area contributed by atoms with Crippen LogP contribution < -0.4 is 16.4 Å². The van der Waals surface area contributed by atoms with Gasteiger partial charge in [0, 0.05) is 6.42 Å². The zero-order valence-electron chi connectivity index (χ0n) is 15.2. The monoisotopic (exact) mass is 417 g/mol. The number of hydrogen-bond acceptors (Lipinski definition) is 7. The van der Waals surface area contributed by atoms with Crippen LogP contribution in [-0.4, -0.2) is 65.8 Å². The zero-order chi connectivity index (χ0) is 20.4. The van der Waals surface area contributed by atoms with Gasteiger partial charge in [0.25, 0.3) is 0 Å². The second-order valence-corrected chi connectivity index (χ2v) is 5.72. The van der Waals surface area contributed by atoms with E-state index in [9.17, 15) is 19.2 Å². The lowest BCUT2D eigenvalue weighted by molar-refractivity contribution is -0.145. The summed E-state index contributed by atoms with van der Waals surface area (Å²) in [5.41, 5.74) is 6.10. The number of carboxylic acid groups (broad SMARTS) is 1. The summed E-state index contributed by atoms with van der Waals surface area (Å²) in [6.07, 6.45) is -0.613. The third-order valence-corrected chi connectivity index (χ3v) is 3.63. The van der Waals surface area contributed by atoms with Crippen LogP contribution in [0.4, 0.5) is 0 Å². The standard InChI is InChI=1S/C17H23N3O7.ClH/c1-27-17(26)13(7-10-5-3-2-4-6-10)20-16(25)12(8-14(22)23)19-15(24)11(18)9-21;/h2-6,11-13,21H,7-9,18H2,1H3,(H,19,24)(H,20,25)(H,22,23);1H/t11-,12+,13+;/m1./s1. The SMILES string of the molecule is COC(=O)[C@H](Cc1ccccc1)NC(=O)[C@H](CC(=O)O)NC(=O)[C@H](N)CO.Cl. The molecule has 10 nitrogen and oxygen atoms in total. The molecule has 28 heavy (non-hydrogen) atoms. The maximum Gasteiger partial charge on any atom is 0.328 e. The molecular weight excluding hydrogens is 394 g/mol. The highest BCUT2D eigenvalue weighted by molar-refractivity contribution is 5.94. The first-order valence-electron chi connectivity index (χ1n) is 8.09. The fourth-order valence-corrected chi connectivity index (χ4v) is 2.20. The Kier molecular flexibility index (Phi) is 11.4. The van der Waals surface area contributed by atoms with Crippen LogP contribution in [0.3, 0.4) is 0 Å². The van der Waals surface area contributed by atoms with Crippen LogP contribution in [0.1, 0.15) is 12.0 Å². The molecule has 1 aromatic rings. The highest BCUT2D eigenvalue weighted by atomic mass is 35.5. The number of carbonyl (C=O) groups excluding carboxylic acids is 3. The molecule has 0 fully saturated rings. The summed E-state index contributed by atoms with van der Waals surface area (Å²) in [7, 11) is 1.16. The number of rotatable bonds is 10. The Morgan fingerprint density at radius 3 is 2.14 bits per heavy atom. The van der Waals surface area contributed by atoms with Crippen LogP contribution >= 0.6 is 12.4 Å². The Bertz CT molecular complexity index is 672.